The average molecular weight is 267 g/mol. The Balaban J connectivity index is 2.79. The van der Waals surface area contributed by atoms with Gasteiger partial charge in [0.15, 0.2) is 0 Å². The van der Waals surface area contributed by atoms with Crippen LogP contribution in [0, 0.1) is 6.92 Å². The number of hydrogen-bond donors (Lipinski definition) is 1. The molecule has 0 amide bonds. The van der Waals surface area contributed by atoms with E-state index < -0.39 is 5.54 Å². The van der Waals surface area contributed by atoms with Crippen LogP contribution in [0.3, 0.4) is 0 Å². The summed E-state index contributed by atoms with van der Waals surface area (Å²) in [6.07, 6.45) is 5.43. The minimum Gasteiger partial charge on any atom is -0.468 e. The Bertz CT molecular complexity index is 417. The van der Waals surface area contributed by atoms with E-state index in [0.717, 1.165) is 18.5 Å². The molecule has 1 aromatic heterocycles. The van der Waals surface area contributed by atoms with Gasteiger partial charge in [-0.25, -0.2) is 0 Å². The van der Waals surface area contributed by atoms with Gasteiger partial charge >= 0.3 is 5.97 Å². The number of nitrogens with one attached hydrogen (secondary N) is 1. The van der Waals surface area contributed by atoms with Crippen molar-refractivity contribution in [3.8, 4) is 0 Å². The Morgan fingerprint density at radius 1 is 1.63 bits per heavy atom. The Kier molecular flexibility index (Phi) is 5.54. The van der Waals surface area contributed by atoms with Crippen LogP contribution >= 0.6 is 0 Å². The minimum absolute atomic E-state index is 0.127. The molecule has 1 heterocycles. The topological polar surface area (TPSA) is 56.2 Å². The Morgan fingerprint density at radius 3 is 2.79 bits per heavy atom. The maximum atomic E-state index is 12.0. The molecular weight excluding hydrogens is 242 g/mol. The standard InChI is InChI=1S/C14H25N3O2/c1-6-7-15-14(4,13(18)19-5)8-12(3)17-10-11(2)9-16-17/h9-10,12,15H,6-8H2,1-5H3. The molecule has 2 atom stereocenters. The summed E-state index contributed by atoms with van der Waals surface area (Å²) in [5.74, 6) is -0.225. The molecule has 1 N–H and O–H groups in total. The van der Waals surface area contributed by atoms with Gasteiger partial charge in [-0.3, -0.25) is 9.48 Å². The molecule has 19 heavy (non-hydrogen) atoms. The molecule has 0 saturated carbocycles. The molecule has 0 spiro atoms. The van der Waals surface area contributed by atoms with Crippen molar-refractivity contribution in [2.45, 2.75) is 52.1 Å². The predicted octanol–water partition coefficient (Wildman–Crippen LogP) is 2.07. The fourth-order valence-electron chi connectivity index (χ4n) is 2.21. The van der Waals surface area contributed by atoms with E-state index in [9.17, 15) is 4.79 Å². The molecule has 5 nitrogen and oxygen atoms in total. The summed E-state index contributed by atoms with van der Waals surface area (Å²) in [4.78, 5) is 12.0. The van der Waals surface area contributed by atoms with Crippen LogP contribution < -0.4 is 5.32 Å². The van der Waals surface area contributed by atoms with Gasteiger partial charge in [0.2, 0.25) is 0 Å². The van der Waals surface area contributed by atoms with Gasteiger partial charge in [-0.1, -0.05) is 6.92 Å². The highest BCUT2D eigenvalue weighted by molar-refractivity contribution is 5.80. The van der Waals surface area contributed by atoms with Crippen LogP contribution in [-0.2, 0) is 9.53 Å². The molecule has 0 aliphatic rings. The summed E-state index contributed by atoms with van der Waals surface area (Å²) in [6.45, 7) is 8.81. The van der Waals surface area contributed by atoms with Gasteiger partial charge in [-0.2, -0.15) is 5.10 Å². The van der Waals surface area contributed by atoms with Gasteiger partial charge in [-0.15, -0.1) is 0 Å². The molecule has 0 aliphatic heterocycles. The molecule has 0 bridgehead atoms. The molecule has 0 aliphatic carbocycles. The van der Waals surface area contributed by atoms with E-state index in [0.29, 0.717) is 6.42 Å². The van der Waals surface area contributed by atoms with Crippen molar-refractivity contribution in [1.29, 1.82) is 0 Å². The molecule has 0 radical (unpaired) electrons. The number of hydrogen-bond acceptors (Lipinski definition) is 4. The Morgan fingerprint density at radius 2 is 2.32 bits per heavy atom. The first-order valence-electron chi connectivity index (χ1n) is 6.77. The van der Waals surface area contributed by atoms with E-state index in [1.165, 1.54) is 7.11 Å². The number of nitrogens with zero attached hydrogens (tertiary/aromatic N) is 2. The smallest absolute Gasteiger partial charge is 0.325 e. The number of aromatic nitrogens is 2. The molecule has 108 valence electrons. The fourth-order valence-corrected chi connectivity index (χ4v) is 2.21. The summed E-state index contributed by atoms with van der Waals surface area (Å²) in [6, 6.07) is 0.127. The zero-order valence-corrected chi connectivity index (χ0v) is 12.6. The fraction of sp³-hybridized carbons (Fsp3) is 0.714. The Hall–Kier alpha value is -1.36. The highest BCUT2D eigenvalue weighted by Gasteiger charge is 2.35. The first-order chi connectivity index (χ1) is 8.92. The van der Waals surface area contributed by atoms with Crippen LogP contribution in [0.15, 0.2) is 12.4 Å². The van der Waals surface area contributed by atoms with Crippen molar-refractivity contribution in [3.63, 3.8) is 0 Å². The lowest BCUT2D eigenvalue weighted by Crippen LogP contribution is -2.51. The van der Waals surface area contributed by atoms with Gasteiger partial charge < -0.3 is 10.1 Å². The monoisotopic (exact) mass is 267 g/mol. The molecule has 5 heteroatoms. The number of methoxy groups -OCH3 is 1. The normalized spacial score (nSPS) is 15.8. The van der Waals surface area contributed by atoms with Gasteiger partial charge in [0.05, 0.1) is 19.3 Å². The average Bonchev–Trinajstić information content (AvgIpc) is 2.82. The van der Waals surface area contributed by atoms with Gasteiger partial charge in [0.1, 0.15) is 5.54 Å². The Labute approximate surface area is 115 Å². The number of carbonyl (C=O) groups excluding carboxylic acids is 1. The molecule has 0 saturated heterocycles. The summed E-state index contributed by atoms with van der Waals surface area (Å²) in [5.41, 5.74) is 0.442. The minimum atomic E-state index is -0.677. The van der Waals surface area contributed by atoms with Crippen LogP contribution in [-0.4, -0.2) is 34.9 Å². The van der Waals surface area contributed by atoms with Crippen molar-refractivity contribution in [2.24, 2.45) is 0 Å². The van der Waals surface area contributed by atoms with Crippen molar-refractivity contribution in [3.05, 3.63) is 18.0 Å². The van der Waals surface area contributed by atoms with E-state index >= 15 is 0 Å². The van der Waals surface area contributed by atoms with Crippen LogP contribution in [0.2, 0.25) is 0 Å². The zero-order chi connectivity index (χ0) is 14.5. The largest absolute Gasteiger partial charge is 0.468 e. The summed E-state index contributed by atoms with van der Waals surface area (Å²) >= 11 is 0. The lowest BCUT2D eigenvalue weighted by molar-refractivity contribution is -0.148. The predicted molar refractivity (Wildman–Crippen MR) is 75.0 cm³/mol. The van der Waals surface area contributed by atoms with Crippen LogP contribution in [0.4, 0.5) is 0 Å². The lowest BCUT2D eigenvalue weighted by Gasteiger charge is -2.30. The van der Waals surface area contributed by atoms with Crippen LogP contribution in [0.5, 0.6) is 0 Å². The third-order valence-electron chi connectivity index (χ3n) is 3.29. The molecule has 0 fully saturated rings. The number of aryl methyl sites for hydroxylation is 1. The van der Waals surface area contributed by atoms with Gasteiger partial charge in [0.25, 0.3) is 0 Å². The number of esters is 1. The second kappa shape index (κ2) is 6.70. The van der Waals surface area contributed by atoms with Crippen molar-refractivity contribution in [2.75, 3.05) is 13.7 Å². The van der Waals surface area contributed by atoms with Crippen molar-refractivity contribution < 1.29 is 9.53 Å². The number of rotatable bonds is 7. The SMILES string of the molecule is CCCNC(C)(CC(C)n1cc(C)cn1)C(=O)OC. The molecule has 1 rings (SSSR count). The second-order valence-corrected chi connectivity index (χ2v) is 5.30. The maximum absolute atomic E-state index is 12.0. The third-order valence-corrected chi connectivity index (χ3v) is 3.29. The zero-order valence-electron chi connectivity index (χ0n) is 12.6. The van der Waals surface area contributed by atoms with Gasteiger partial charge in [0, 0.05) is 6.20 Å². The lowest BCUT2D eigenvalue weighted by atomic mass is 9.93. The van der Waals surface area contributed by atoms with Crippen LogP contribution in [0.25, 0.3) is 0 Å². The molecular formula is C14H25N3O2. The highest BCUT2D eigenvalue weighted by atomic mass is 16.5. The summed E-state index contributed by atoms with van der Waals surface area (Å²) in [5, 5.41) is 7.59. The molecule has 0 aromatic carbocycles. The van der Waals surface area contributed by atoms with Crippen molar-refractivity contribution in [1.82, 2.24) is 15.1 Å². The molecule has 2 unspecified atom stereocenters. The first kappa shape index (κ1) is 15.7. The van der Waals surface area contributed by atoms with E-state index in [-0.39, 0.29) is 12.0 Å². The van der Waals surface area contributed by atoms with Crippen LogP contribution in [0.1, 0.15) is 45.2 Å². The maximum Gasteiger partial charge on any atom is 0.325 e. The van der Waals surface area contributed by atoms with E-state index in [1.54, 1.807) is 0 Å². The third kappa shape index (κ3) is 4.06. The number of carbonyl (C=O) groups is 1. The van der Waals surface area contributed by atoms with Gasteiger partial charge in [-0.05, 0) is 45.7 Å². The van der Waals surface area contributed by atoms with E-state index in [4.69, 9.17) is 4.74 Å². The molecule has 1 aromatic rings. The summed E-state index contributed by atoms with van der Waals surface area (Å²) < 4.78 is 6.82. The van der Waals surface area contributed by atoms with E-state index in [1.807, 2.05) is 30.9 Å². The first-order valence-corrected chi connectivity index (χ1v) is 6.77. The highest BCUT2D eigenvalue weighted by Crippen LogP contribution is 2.22. The van der Waals surface area contributed by atoms with Crippen molar-refractivity contribution >= 4 is 5.97 Å². The quantitative estimate of drug-likeness (QED) is 0.768. The number of ether oxygens (including phenoxy) is 1. The summed E-state index contributed by atoms with van der Waals surface area (Å²) in [7, 11) is 1.43. The second-order valence-electron chi connectivity index (χ2n) is 5.30. The van der Waals surface area contributed by atoms with E-state index in [2.05, 4.69) is 24.3 Å².